The average molecular weight is 225 g/mol. The molecule has 0 aromatic heterocycles. The van der Waals surface area contributed by atoms with E-state index in [1.165, 1.54) is 25.9 Å². The predicted molar refractivity (Wildman–Crippen MR) is 67.4 cm³/mol. The van der Waals surface area contributed by atoms with Gasteiger partial charge in [0.25, 0.3) is 0 Å². The molecule has 0 spiro atoms. The van der Waals surface area contributed by atoms with Crippen molar-refractivity contribution < 1.29 is 5.11 Å². The minimum Gasteiger partial charge on any atom is -0.389 e. The van der Waals surface area contributed by atoms with Crippen LogP contribution in [0.4, 0.5) is 0 Å². The molecule has 0 radical (unpaired) electrons. The first-order valence-electron chi connectivity index (χ1n) is 6.79. The molecule has 1 aliphatic carbocycles. The Bertz CT molecular complexity index is 253. The van der Waals surface area contributed by atoms with E-state index in [-0.39, 0.29) is 5.41 Å². The lowest BCUT2D eigenvalue weighted by Gasteiger charge is -2.51. The first kappa shape index (κ1) is 12.4. The molecule has 0 aromatic rings. The molecule has 0 aromatic carbocycles. The zero-order chi connectivity index (χ0) is 12.0. The maximum atomic E-state index is 10.7. The Morgan fingerprint density at radius 1 is 1.12 bits per heavy atom. The first-order chi connectivity index (χ1) is 7.33. The van der Waals surface area contributed by atoms with Crippen LogP contribution in [0.15, 0.2) is 0 Å². The van der Waals surface area contributed by atoms with Crippen molar-refractivity contribution >= 4 is 0 Å². The summed E-state index contributed by atoms with van der Waals surface area (Å²) in [6, 6.07) is 0.387. The first-order valence-corrected chi connectivity index (χ1v) is 6.79. The third kappa shape index (κ3) is 2.14. The molecule has 1 aliphatic heterocycles. The van der Waals surface area contributed by atoms with E-state index in [2.05, 4.69) is 25.7 Å². The van der Waals surface area contributed by atoms with Gasteiger partial charge in [-0.05, 0) is 57.0 Å². The Morgan fingerprint density at radius 3 is 2.25 bits per heavy atom. The van der Waals surface area contributed by atoms with Gasteiger partial charge in [-0.15, -0.1) is 0 Å². The van der Waals surface area contributed by atoms with Crippen LogP contribution in [-0.2, 0) is 0 Å². The maximum Gasteiger partial charge on any atom is 0.0779 e. The van der Waals surface area contributed by atoms with E-state index < -0.39 is 5.60 Å². The molecule has 2 nitrogen and oxygen atoms in total. The van der Waals surface area contributed by atoms with Crippen LogP contribution < -0.4 is 0 Å². The van der Waals surface area contributed by atoms with Crippen LogP contribution in [0.5, 0.6) is 0 Å². The standard InChI is InChI=1S/C14H27NO/c1-11-9-12(15-7-5-6-8-15)14(4,16)10-13(11,2)3/h11-12,16H,5-10H2,1-4H3/t11-,12-,14-/m0/s1. The number of rotatable bonds is 1. The van der Waals surface area contributed by atoms with Crippen LogP contribution in [0.25, 0.3) is 0 Å². The highest BCUT2D eigenvalue weighted by Crippen LogP contribution is 2.46. The van der Waals surface area contributed by atoms with Crippen LogP contribution >= 0.6 is 0 Å². The van der Waals surface area contributed by atoms with E-state index in [4.69, 9.17) is 0 Å². The van der Waals surface area contributed by atoms with Gasteiger partial charge in [-0.2, -0.15) is 0 Å². The molecule has 2 rings (SSSR count). The van der Waals surface area contributed by atoms with Crippen LogP contribution in [0.1, 0.15) is 53.4 Å². The van der Waals surface area contributed by atoms with Crippen molar-refractivity contribution in [2.24, 2.45) is 11.3 Å². The molecule has 0 bridgehead atoms. The second-order valence-electron chi connectivity index (χ2n) is 6.92. The van der Waals surface area contributed by atoms with Crippen molar-refractivity contribution in [3.8, 4) is 0 Å². The summed E-state index contributed by atoms with van der Waals surface area (Å²) in [5.41, 5.74) is -0.222. The number of hydrogen-bond donors (Lipinski definition) is 1. The summed E-state index contributed by atoms with van der Waals surface area (Å²) in [6.07, 6.45) is 4.71. The SMILES string of the molecule is C[C@H]1C[C@H](N2CCCC2)[C@@](C)(O)CC1(C)C. The zero-order valence-corrected chi connectivity index (χ0v) is 11.3. The monoisotopic (exact) mass is 225 g/mol. The van der Waals surface area contributed by atoms with Gasteiger partial charge in [-0.25, -0.2) is 0 Å². The van der Waals surface area contributed by atoms with E-state index >= 15 is 0 Å². The lowest BCUT2D eigenvalue weighted by atomic mass is 9.62. The minimum absolute atomic E-state index is 0.278. The van der Waals surface area contributed by atoms with Crippen LogP contribution in [0, 0.1) is 11.3 Å². The fourth-order valence-electron chi connectivity index (χ4n) is 3.72. The largest absolute Gasteiger partial charge is 0.389 e. The Hall–Kier alpha value is -0.0800. The predicted octanol–water partition coefficient (Wildman–Crippen LogP) is 2.66. The smallest absolute Gasteiger partial charge is 0.0779 e. The quantitative estimate of drug-likeness (QED) is 0.741. The van der Waals surface area contributed by atoms with E-state index in [1.807, 2.05) is 6.92 Å². The van der Waals surface area contributed by atoms with E-state index in [9.17, 15) is 5.11 Å². The van der Waals surface area contributed by atoms with E-state index in [0.29, 0.717) is 12.0 Å². The normalized spacial score (nSPS) is 44.8. The van der Waals surface area contributed by atoms with Crippen LogP contribution in [0.2, 0.25) is 0 Å². The zero-order valence-electron chi connectivity index (χ0n) is 11.3. The minimum atomic E-state index is -0.500. The van der Waals surface area contributed by atoms with Crippen molar-refractivity contribution in [3.05, 3.63) is 0 Å². The van der Waals surface area contributed by atoms with Crippen LogP contribution in [0.3, 0.4) is 0 Å². The van der Waals surface area contributed by atoms with Gasteiger partial charge in [0.1, 0.15) is 0 Å². The molecule has 2 heteroatoms. The number of aliphatic hydroxyl groups is 1. The molecule has 0 unspecified atom stereocenters. The Kier molecular flexibility index (Phi) is 3.09. The summed E-state index contributed by atoms with van der Waals surface area (Å²) in [4.78, 5) is 2.52. The van der Waals surface area contributed by atoms with Gasteiger partial charge in [0.2, 0.25) is 0 Å². The van der Waals surface area contributed by atoms with Gasteiger partial charge in [0, 0.05) is 6.04 Å². The Balaban J connectivity index is 2.13. The molecule has 1 saturated carbocycles. The van der Waals surface area contributed by atoms with Gasteiger partial charge in [-0.3, -0.25) is 4.90 Å². The number of nitrogens with zero attached hydrogens (tertiary/aromatic N) is 1. The molecule has 2 aliphatic rings. The summed E-state index contributed by atoms with van der Waals surface area (Å²) in [7, 11) is 0. The second-order valence-corrected chi connectivity index (χ2v) is 6.92. The maximum absolute atomic E-state index is 10.7. The molecule has 94 valence electrons. The van der Waals surface area contributed by atoms with Crippen molar-refractivity contribution in [3.63, 3.8) is 0 Å². The molecular weight excluding hydrogens is 198 g/mol. The van der Waals surface area contributed by atoms with Crippen LogP contribution in [-0.4, -0.2) is 34.7 Å². The van der Waals surface area contributed by atoms with Crippen molar-refractivity contribution in [2.45, 2.75) is 65.0 Å². The van der Waals surface area contributed by atoms with Crippen molar-refractivity contribution in [1.29, 1.82) is 0 Å². The Labute approximate surface area is 100 Å². The highest BCUT2D eigenvalue weighted by atomic mass is 16.3. The van der Waals surface area contributed by atoms with Gasteiger partial charge >= 0.3 is 0 Å². The molecule has 16 heavy (non-hydrogen) atoms. The fraction of sp³-hybridized carbons (Fsp3) is 1.00. The lowest BCUT2D eigenvalue weighted by molar-refractivity contribution is -0.107. The summed E-state index contributed by atoms with van der Waals surface area (Å²) >= 11 is 0. The topological polar surface area (TPSA) is 23.5 Å². The molecule has 1 saturated heterocycles. The molecule has 3 atom stereocenters. The van der Waals surface area contributed by atoms with E-state index in [0.717, 1.165) is 12.8 Å². The third-order valence-electron chi connectivity index (χ3n) is 5.02. The number of hydrogen-bond acceptors (Lipinski definition) is 2. The van der Waals surface area contributed by atoms with Gasteiger partial charge in [-0.1, -0.05) is 20.8 Å². The summed E-state index contributed by atoms with van der Waals surface area (Å²) in [5, 5.41) is 10.7. The highest BCUT2D eigenvalue weighted by Gasteiger charge is 2.48. The lowest BCUT2D eigenvalue weighted by Crippen LogP contribution is -2.57. The van der Waals surface area contributed by atoms with E-state index in [1.54, 1.807) is 0 Å². The molecular formula is C14H27NO. The number of likely N-dealkylation sites (tertiary alicyclic amines) is 1. The third-order valence-corrected chi connectivity index (χ3v) is 5.02. The summed E-state index contributed by atoms with van der Waals surface area (Å²) in [5.74, 6) is 0.707. The molecule has 0 amide bonds. The van der Waals surface area contributed by atoms with Crippen molar-refractivity contribution in [1.82, 2.24) is 4.90 Å². The molecule has 1 N–H and O–H groups in total. The van der Waals surface area contributed by atoms with Crippen molar-refractivity contribution in [2.75, 3.05) is 13.1 Å². The average Bonchev–Trinajstić information content (AvgIpc) is 2.62. The Morgan fingerprint density at radius 2 is 1.69 bits per heavy atom. The van der Waals surface area contributed by atoms with Gasteiger partial charge in [0.05, 0.1) is 5.60 Å². The van der Waals surface area contributed by atoms with Gasteiger partial charge in [0.15, 0.2) is 0 Å². The fourth-order valence-corrected chi connectivity index (χ4v) is 3.72. The summed E-state index contributed by atoms with van der Waals surface area (Å²) < 4.78 is 0. The second kappa shape index (κ2) is 3.99. The molecule has 2 fully saturated rings. The molecule has 1 heterocycles. The van der Waals surface area contributed by atoms with Gasteiger partial charge < -0.3 is 5.11 Å². The highest BCUT2D eigenvalue weighted by molar-refractivity contribution is 5.01. The summed E-state index contributed by atoms with van der Waals surface area (Å²) in [6.45, 7) is 11.4.